The average Bonchev–Trinajstić information content (AvgIpc) is 2.36. The van der Waals surface area contributed by atoms with Gasteiger partial charge in [-0.25, -0.2) is 0 Å². The van der Waals surface area contributed by atoms with Crippen LogP contribution in [0.15, 0.2) is 36.4 Å². The molecule has 2 rings (SSSR count). The van der Waals surface area contributed by atoms with Crippen LogP contribution in [-0.2, 0) is 0 Å². The van der Waals surface area contributed by atoms with Crippen LogP contribution in [0.3, 0.4) is 0 Å². The lowest BCUT2D eigenvalue weighted by atomic mass is 10.00. The van der Waals surface area contributed by atoms with Crippen molar-refractivity contribution in [1.82, 2.24) is 0 Å². The summed E-state index contributed by atoms with van der Waals surface area (Å²) >= 11 is 0. The van der Waals surface area contributed by atoms with Gasteiger partial charge in [0, 0.05) is 31.8 Å². The van der Waals surface area contributed by atoms with Crippen LogP contribution in [0.2, 0.25) is 0 Å². The summed E-state index contributed by atoms with van der Waals surface area (Å²) in [5, 5.41) is 2.17. The van der Waals surface area contributed by atoms with Crippen molar-refractivity contribution in [2.75, 3.05) is 19.0 Å². The van der Waals surface area contributed by atoms with E-state index in [-0.39, 0.29) is 5.78 Å². The summed E-state index contributed by atoms with van der Waals surface area (Å²) in [4.78, 5) is 13.9. The van der Waals surface area contributed by atoms with E-state index in [0.29, 0.717) is 6.42 Å². The first-order valence-electron chi connectivity index (χ1n) is 5.86. The van der Waals surface area contributed by atoms with Gasteiger partial charge < -0.3 is 4.90 Å². The summed E-state index contributed by atoms with van der Waals surface area (Å²) in [6.45, 7) is 1.90. The maximum Gasteiger partial charge on any atom is 0.163 e. The maximum atomic E-state index is 11.8. The number of fused-ring (bicyclic) bond motifs is 1. The number of hydrogen-bond donors (Lipinski definition) is 0. The quantitative estimate of drug-likeness (QED) is 0.748. The van der Waals surface area contributed by atoms with Gasteiger partial charge in [0.05, 0.1) is 0 Å². The molecule has 0 heterocycles. The summed E-state index contributed by atoms with van der Waals surface area (Å²) in [6, 6.07) is 12.1. The molecule has 0 unspecified atom stereocenters. The Morgan fingerprint density at radius 1 is 1.18 bits per heavy atom. The Bertz CT molecular complexity index is 558. The van der Waals surface area contributed by atoms with Gasteiger partial charge >= 0.3 is 0 Å². The van der Waals surface area contributed by atoms with Gasteiger partial charge in [0.15, 0.2) is 5.78 Å². The number of carbonyl (C=O) groups is 1. The Hall–Kier alpha value is -1.83. The van der Waals surface area contributed by atoms with Crippen molar-refractivity contribution in [3.8, 4) is 0 Å². The minimum atomic E-state index is 0.202. The topological polar surface area (TPSA) is 20.3 Å². The number of benzene rings is 2. The number of carbonyl (C=O) groups excluding carboxylic acids is 1. The highest BCUT2D eigenvalue weighted by molar-refractivity contribution is 6.08. The first kappa shape index (κ1) is 11.6. The van der Waals surface area contributed by atoms with E-state index in [1.807, 2.05) is 39.2 Å². The standard InChI is InChI=1S/C15H17NO/c1-4-15(17)14-7-5-6-11-10-12(16(2)3)8-9-13(11)14/h5-10H,4H2,1-3H3. The molecule has 0 fully saturated rings. The Labute approximate surface area is 102 Å². The number of ketones is 1. The summed E-state index contributed by atoms with van der Waals surface area (Å²) in [6.07, 6.45) is 0.550. The first-order chi connectivity index (χ1) is 8.13. The van der Waals surface area contributed by atoms with Crippen LogP contribution in [-0.4, -0.2) is 19.9 Å². The first-order valence-corrected chi connectivity index (χ1v) is 5.86. The van der Waals surface area contributed by atoms with Crippen LogP contribution in [0, 0.1) is 0 Å². The van der Waals surface area contributed by atoms with E-state index in [1.54, 1.807) is 0 Å². The monoisotopic (exact) mass is 227 g/mol. The van der Waals surface area contributed by atoms with Crippen molar-refractivity contribution < 1.29 is 4.79 Å². The molecule has 2 nitrogen and oxygen atoms in total. The molecule has 0 saturated carbocycles. The van der Waals surface area contributed by atoms with Gasteiger partial charge in [-0.15, -0.1) is 0 Å². The highest BCUT2D eigenvalue weighted by atomic mass is 16.1. The fraction of sp³-hybridized carbons (Fsp3) is 0.267. The lowest BCUT2D eigenvalue weighted by Gasteiger charge is -2.14. The number of Topliss-reactive ketones (excluding diaryl/α,β-unsaturated/α-hetero) is 1. The molecule has 0 radical (unpaired) electrons. The lowest BCUT2D eigenvalue weighted by molar-refractivity contribution is 0.0990. The molecule has 0 amide bonds. The molecule has 0 bridgehead atoms. The van der Waals surface area contributed by atoms with Crippen LogP contribution in [0.25, 0.3) is 10.8 Å². The molecule has 2 aromatic carbocycles. The van der Waals surface area contributed by atoms with Crippen LogP contribution in [0.4, 0.5) is 5.69 Å². The third-order valence-electron chi connectivity index (χ3n) is 3.00. The molecule has 0 N–H and O–H groups in total. The van der Waals surface area contributed by atoms with Crippen LogP contribution in [0.1, 0.15) is 23.7 Å². The molecule has 2 heteroatoms. The highest BCUT2D eigenvalue weighted by Gasteiger charge is 2.08. The van der Waals surface area contributed by atoms with E-state index in [9.17, 15) is 4.79 Å². The van der Waals surface area contributed by atoms with Crippen molar-refractivity contribution >= 4 is 22.2 Å². The average molecular weight is 227 g/mol. The van der Waals surface area contributed by atoms with Crippen LogP contribution in [0.5, 0.6) is 0 Å². The molecule has 0 spiro atoms. The molecule has 0 saturated heterocycles. The van der Waals surface area contributed by atoms with Gasteiger partial charge in [-0.3, -0.25) is 4.79 Å². The number of rotatable bonds is 3. The van der Waals surface area contributed by atoms with Crippen molar-refractivity contribution in [3.63, 3.8) is 0 Å². The molecule has 2 aromatic rings. The second-order valence-corrected chi connectivity index (χ2v) is 4.38. The Balaban J connectivity index is 2.63. The zero-order valence-corrected chi connectivity index (χ0v) is 10.5. The summed E-state index contributed by atoms with van der Waals surface area (Å²) in [5.41, 5.74) is 1.98. The fourth-order valence-corrected chi connectivity index (χ4v) is 1.98. The van der Waals surface area contributed by atoms with E-state index in [1.165, 1.54) is 0 Å². The van der Waals surface area contributed by atoms with Gasteiger partial charge in [-0.05, 0) is 22.9 Å². The summed E-state index contributed by atoms with van der Waals surface area (Å²) < 4.78 is 0. The van der Waals surface area contributed by atoms with E-state index >= 15 is 0 Å². The second kappa shape index (κ2) is 4.58. The summed E-state index contributed by atoms with van der Waals surface area (Å²) in [7, 11) is 4.03. The molecule has 0 aliphatic heterocycles. The predicted molar refractivity (Wildman–Crippen MR) is 72.9 cm³/mol. The van der Waals surface area contributed by atoms with Gasteiger partial charge in [0.2, 0.25) is 0 Å². The largest absolute Gasteiger partial charge is 0.378 e. The molecule has 0 aliphatic rings. The third-order valence-corrected chi connectivity index (χ3v) is 3.00. The van der Waals surface area contributed by atoms with Crippen molar-refractivity contribution in [3.05, 3.63) is 42.0 Å². The molecule has 0 aromatic heterocycles. The smallest absolute Gasteiger partial charge is 0.163 e. The third kappa shape index (κ3) is 2.16. The van der Waals surface area contributed by atoms with Crippen molar-refractivity contribution in [1.29, 1.82) is 0 Å². The van der Waals surface area contributed by atoms with E-state index in [4.69, 9.17) is 0 Å². The second-order valence-electron chi connectivity index (χ2n) is 4.38. The minimum absolute atomic E-state index is 0.202. The zero-order chi connectivity index (χ0) is 12.4. The number of anilines is 1. The van der Waals surface area contributed by atoms with Gasteiger partial charge in [0.1, 0.15) is 0 Å². The number of hydrogen-bond acceptors (Lipinski definition) is 2. The molecule has 17 heavy (non-hydrogen) atoms. The van der Waals surface area contributed by atoms with Crippen LogP contribution >= 0.6 is 0 Å². The van der Waals surface area contributed by atoms with E-state index in [2.05, 4.69) is 23.1 Å². The highest BCUT2D eigenvalue weighted by Crippen LogP contribution is 2.24. The van der Waals surface area contributed by atoms with Gasteiger partial charge in [-0.1, -0.05) is 31.2 Å². The summed E-state index contributed by atoms with van der Waals surface area (Å²) in [5.74, 6) is 0.202. The maximum absolute atomic E-state index is 11.8. The lowest BCUT2D eigenvalue weighted by Crippen LogP contribution is -2.08. The predicted octanol–water partition coefficient (Wildman–Crippen LogP) is 3.50. The van der Waals surface area contributed by atoms with Crippen molar-refractivity contribution in [2.45, 2.75) is 13.3 Å². The minimum Gasteiger partial charge on any atom is -0.378 e. The van der Waals surface area contributed by atoms with E-state index in [0.717, 1.165) is 22.0 Å². The fourth-order valence-electron chi connectivity index (χ4n) is 1.98. The zero-order valence-electron chi connectivity index (χ0n) is 10.5. The van der Waals surface area contributed by atoms with Gasteiger partial charge in [0.25, 0.3) is 0 Å². The van der Waals surface area contributed by atoms with E-state index < -0.39 is 0 Å². The van der Waals surface area contributed by atoms with Crippen molar-refractivity contribution in [2.24, 2.45) is 0 Å². The molecular weight excluding hydrogens is 210 g/mol. The Kier molecular flexibility index (Phi) is 3.14. The molecule has 0 aliphatic carbocycles. The molecule has 0 atom stereocenters. The van der Waals surface area contributed by atoms with Gasteiger partial charge in [-0.2, -0.15) is 0 Å². The Morgan fingerprint density at radius 3 is 2.59 bits per heavy atom. The van der Waals surface area contributed by atoms with Crippen LogP contribution < -0.4 is 4.90 Å². The molecular formula is C15H17NO. The normalized spacial score (nSPS) is 10.5. The Morgan fingerprint density at radius 2 is 1.94 bits per heavy atom. The SMILES string of the molecule is CCC(=O)c1cccc2cc(N(C)C)ccc12. The molecule has 88 valence electrons. The number of nitrogens with zero attached hydrogens (tertiary/aromatic N) is 1.